The molecule has 1 N–H and O–H groups in total. The first kappa shape index (κ1) is 17.8. The highest BCUT2D eigenvalue weighted by molar-refractivity contribution is 7.92. The van der Waals surface area contributed by atoms with Crippen LogP contribution < -0.4 is 10.1 Å². The number of amides is 1. The summed E-state index contributed by atoms with van der Waals surface area (Å²) in [5.41, 5.74) is 0.531. The van der Waals surface area contributed by atoms with E-state index in [1.807, 2.05) is 6.07 Å². The lowest BCUT2D eigenvalue weighted by Crippen LogP contribution is -2.34. The number of para-hydroxylation sites is 2. The lowest BCUT2D eigenvalue weighted by atomic mass is 10.2. The minimum absolute atomic E-state index is 0.0157. The molecule has 1 aliphatic rings. The second kappa shape index (κ2) is 7.81. The van der Waals surface area contributed by atoms with Crippen LogP contribution in [-0.2, 0) is 14.6 Å². The van der Waals surface area contributed by atoms with Crippen molar-refractivity contribution in [3.63, 3.8) is 0 Å². The maximum absolute atomic E-state index is 12.3. The van der Waals surface area contributed by atoms with Gasteiger partial charge in [0, 0.05) is 0 Å². The number of carbonyl (C=O) groups excluding carboxylic acids is 1. The molecule has 1 aromatic carbocycles. The van der Waals surface area contributed by atoms with Crippen LogP contribution in [0.15, 0.2) is 24.3 Å². The Morgan fingerprint density at radius 2 is 1.96 bits per heavy atom. The molecule has 0 radical (unpaired) electrons. The molecule has 128 valence electrons. The van der Waals surface area contributed by atoms with E-state index >= 15 is 0 Å². The number of nitrogens with one attached hydrogen (secondary N) is 1. The number of rotatable bonds is 7. The van der Waals surface area contributed by atoms with Gasteiger partial charge in [-0.3, -0.25) is 4.79 Å². The lowest BCUT2D eigenvalue weighted by molar-refractivity contribution is -0.115. The molecular formula is C17H25NO4S. The monoisotopic (exact) mass is 339 g/mol. The Hall–Kier alpha value is -1.56. The molecule has 0 saturated heterocycles. The molecule has 1 fully saturated rings. The zero-order valence-electron chi connectivity index (χ0n) is 13.7. The summed E-state index contributed by atoms with van der Waals surface area (Å²) in [6, 6.07) is 7.18. The summed E-state index contributed by atoms with van der Waals surface area (Å²) in [6.07, 6.45) is 5.03. The number of hydrogen-bond donors (Lipinski definition) is 1. The average Bonchev–Trinajstić information content (AvgIpc) is 3.01. The third-order valence-corrected chi connectivity index (χ3v) is 6.41. The molecule has 0 aromatic heterocycles. The Labute approximate surface area is 138 Å². The zero-order valence-corrected chi connectivity index (χ0v) is 14.6. The molecule has 1 aromatic rings. The molecule has 1 unspecified atom stereocenters. The van der Waals surface area contributed by atoms with Crippen LogP contribution in [0.25, 0.3) is 0 Å². The van der Waals surface area contributed by atoms with E-state index < -0.39 is 21.0 Å². The highest BCUT2D eigenvalue weighted by Crippen LogP contribution is 2.30. The van der Waals surface area contributed by atoms with Gasteiger partial charge in [-0.05, 0) is 51.2 Å². The van der Waals surface area contributed by atoms with Crippen LogP contribution in [0.1, 0.15) is 46.0 Å². The number of sulfone groups is 1. The third kappa shape index (κ3) is 4.70. The van der Waals surface area contributed by atoms with Gasteiger partial charge in [0.15, 0.2) is 9.84 Å². The molecule has 1 aliphatic carbocycles. The largest absolute Gasteiger partial charge is 0.488 e. The highest BCUT2D eigenvalue weighted by Gasteiger charge is 2.28. The second-order valence-corrected chi connectivity index (χ2v) is 8.46. The molecular weight excluding hydrogens is 314 g/mol. The van der Waals surface area contributed by atoms with Crippen molar-refractivity contribution >= 4 is 21.4 Å². The number of anilines is 1. The van der Waals surface area contributed by atoms with E-state index in [0.29, 0.717) is 17.9 Å². The lowest BCUT2D eigenvalue weighted by Gasteiger charge is -2.18. The van der Waals surface area contributed by atoms with E-state index in [1.54, 1.807) is 25.1 Å². The molecule has 0 spiro atoms. The van der Waals surface area contributed by atoms with Gasteiger partial charge < -0.3 is 10.1 Å². The van der Waals surface area contributed by atoms with Gasteiger partial charge in [0.2, 0.25) is 5.91 Å². The van der Waals surface area contributed by atoms with Gasteiger partial charge in [0.05, 0.1) is 17.5 Å². The topological polar surface area (TPSA) is 72.5 Å². The minimum Gasteiger partial charge on any atom is -0.488 e. The predicted molar refractivity (Wildman–Crippen MR) is 91.5 cm³/mol. The fourth-order valence-electron chi connectivity index (χ4n) is 2.72. The Balaban J connectivity index is 2.08. The van der Waals surface area contributed by atoms with E-state index in [9.17, 15) is 13.2 Å². The average molecular weight is 339 g/mol. The molecule has 2 rings (SSSR count). The summed E-state index contributed by atoms with van der Waals surface area (Å²) in [6.45, 7) is 3.22. The summed E-state index contributed by atoms with van der Waals surface area (Å²) in [7, 11) is -3.42. The molecule has 0 aliphatic heterocycles. The van der Waals surface area contributed by atoms with Gasteiger partial charge in [-0.25, -0.2) is 8.42 Å². The van der Waals surface area contributed by atoms with E-state index in [0.717, 1.165) is 25.7 Å². The summed E-state index contributed by atoms with van der Waals surface area (Å²) in [5.74, 6) is 0.107. The second-order valence-electron chi connectivity index (χ2n) is 6.02. The van der Waals surface area contributed by atoms with E-state index in [-0.39, 0.29) is 11.9 Å². The molecule has 5 nitrogen and oxygen atoms in total. The van der Waals surface area contributed by atoms with Crippen molar-refractivity contribution in [1.29, 1.82) is 0 Å². The SMILES string of the molecule is CCCS(=O)(=O)C(C)C(=O)Nc1ccccc1OC1CCCC1. The van der Waals surface area contributed by atoms with Crippen LogP contribution in [-0.4, -0.2) is 31.4 Å². The van der Waals surface area contributed by atoms with Gasteiger partial charge in [-0.1, -0.05) is 19.1 Å². The Morgan fingerprint density at radius 1 is 1.30 bits per heavy atom. The molecule has 23 heavy (non-hydrogen) atoms. The molecule has 1 atom stereocenters. The van der Waals surface area contributed by atoms with Crippen molar-refractivity contribution in [2.75, 3.05) is 11.1 Å². The zero-order chi connectivity index (χ0) is 16.9. The first-order valence-corrected chi connectivity index (χ1v) is 9.93. The molecule has 1 amide bonds. The van der Waals surface area contributed by atoms with Crippen molar-refractivity contribution in [3.05, 3.63) is 24.3 Å². The van der Waals surface area contributed by atoms with Gasteiger partial charge in [0.25, 0.3) is 0 Å². The van der Waals surface area contributed by atoms with Gasteiger partial charge in [0.1, 0.15) is 11.0 Å². The van der Waals surface area contributed by atoms with Gasteiger partial charge in [-0.2, -0.15) is 0 Å². The van der Waals surface area contributed by atoms with Gasteiger partial charge >= 0.3 is 0 Å². The molecule has 6 heteroatoms. The molecule has 0 bridgehead atoms. The Bertz CT molecular complexity index is 636. The van der Waals surface area contributed by atoms with Crippen LogP contribution in [0, 0.1) is 0 Å². The van der Waals surface area contributed by atoms with Crippen LogP contribution in [0.4, 0.5) is 5.69 Å². The van der Waals surface area contributed by atoms with Crippen molar-refractivity contribution in [3.8, 4) is 5.75 Å². The minimum atomic E-state index is -3.42. The Kier molecular flexibility index (Phi) is 6.04. The van der Waals surface area contributed by atoms with Crippen LogP contribution in [0.3, 0.4) is 0 Å². The summed E-state index contributed by atoms with van der Waals surface area (Å²) in [4.78, 5) is 12.3. The molecule has 1 saturated carbocycles. The Morgan fingerprint density at radius 3 is 2.61 bits per heavy atom. The maximum atomic E-state index is 12.3. The normalized spacial score (nSPS) is 17.0. The smallest absolute Gasteiger partial charge is 0.242 e. The standard InChI is InChI=1S/C17H25NO4S/c1-3-12-23(20,21)13(2)17(19)18-15-10-6-7-11-16(15)22-14-8-4-5-9-14/h6-7,10-11,13-14H,3-5,8-9,12H2,1-2H3,(H,18,19). The fourth-order valence-corrected chi connectivity index (χ4v) is 4.02. The number of carbonyl (C=O) groups is 1. The quantitative estimate of drug-likeness (QED) is 0.828. The van der Waals surface area contributed by atoms with Gasteiger partial charge in [-0.15, -0.1) is 0 Å². The number of benzene rings is 1. The van der Waals surface area contributed by atoms with Crippen LogP contribution in [0.2, 0.25) is 0 Å². The fraction of sp³-hybridized carbons (Fsp3) is 0.588. The van der Waals surface area contributed by atoms with Crippen LogP contribution >= 0.6 is 0 Å². The van der Waals surface area contributed by atoms with Crippen LogP contribution in [0.5, 0.6) is 5.75 Å². The van der Waals surface area contributed by atoms with Crippen molar-refractivity contribution in [1.82, 2.24) is 0 Å². The maximum Gasteiger partial charge on any atom is 0.242 e. The van der Waals surface area contributed by atoms with E-state index in [4.69, 9.17) is 4.74 Å². The summed E-state index contributed by atoms with van der Waals surface area (Å²) < 4.78 is 30.0. The summed E-state index contributed by atoms with van der Waals surface area (Å²) in [5, 5.41) is 1.64. The van der Waals surface area contributed by atoms with Crippen molar-refractivity contribution < 1.29 is 17.9 Å². The number of hydrogen-bond acceptors (Lipinski definition) is 4. The first-order valence-electron chi connectivity index (χ1n) is 8.22. The highest BCUT2D eigenvalue weighted by atomic mass is 32.2. The van der Waals surface area contributed by atoms with E-state index in [1.165, 1.54) is 6.92 Å². The van der Waals surface area contributed by atoms with E-state index in [2.05, 4.69) is 5.32 Å². The first-order chi connectivity index (χ1) is 10.9. The molecule has 0 heterocycles. The number of ether oxygens (including phenoxy) is 1. The summed E-state index contributed by atoms with van der Waals surface area (Å²) >= 11 is 0. The third-order valence-electron chi connectivity index (χ3n) is 4.14. The van der Waals surface area contributed by atoms with Crippen molar-refractivity contribution in [2.24, 2.45) is 0 Å². The predicted octanol–water partition coefficient (Wildman–Crippen LogP) is 3.16. The van der Waals surface area contributed by atoms with Crippen molar-refractivity contribution in [2.45, 2.75) is 57.3 Å².